The molecule has 1 aromatic rings. The highest BCUT2D eigenvalue weighted by Crippen LogP contribution is 2.28. The van der Waals surface area contributed by atoms with Gasteiger partial charge in [-0.25, -0.2) is 4.39 Å². The molecule has 92 valence electrons. The average Bonchev–Trinajstić information content (AvgIpc) is 2.32. The minimum absolute atomic E-state index is 0.0618. The predicted molar refractivity (Wildman–Crippen MR) is 63.8 cm³/mol. The smallest absolute Gasteiger partial charge is 0.227 e. The van der Waals surface area contributed by atoms with Crippen molar-refractivity contribution in [2.45, 2.75) is 18.9 Å². The molecule has 0 fully saturated rings. The molecule has 0 saturated heterocycles. The van der Waals surface area contributed by atoms with E-state index in [0.717, 1.165) is 5.56 Å². The Kier molecular flexibility index (Phi) is 3.64. The van der Waals surface area contributed by atoms with E-state index in [0.29, 0.717) is 18.5 Å². The maximum absolute atomic E-state index is 13.1. The highest BCUT2D eigenvalue weighted by molar-refractivity contribution is 6.18. The standard InChI is InChI=1S/C12H13ClFNO2/c13-6-10(16)7-15-11-3-2-9(14)5-8(11)1-4-12(15)17/h2-3,5,10,16H,1,4,6-7H2. The second kappa shape index (κ2) is 5.02. The number of anilines is 1. The van der Waals surface area contributed by atoms with Gasteiger partial charge in [-0.05, 0) is 30.2 Å². The second-order valence-electron chi connectivity index (χ2n) is 4.09. The Labute approximate surface area is 104 Å². The Morgan fingerprint density at radius 2 is 2.24 bits per heavy atom. The molecule has 5 heteroatoms. The van der Waals surface area contributed by atoms with Crippen molar-refractivity contribution in [3.05, 3.63) is 29.6 Å². The Morgan fingerprint density at radius 1 is 1.47 bits per heavy atom. The van der Waals surface area contributed by atoms with Gasteiger partial charge in [0.2, 0.25) is 5.91 Å². The average molecular weight is 258 g/mol. The monoisotopic (exact) mass is 257 g/mol. The molecular formula is C12H13ClFNO2. The Morgan fingerprint density at radius 3 is 2.94 bits per heavy atom. The molecule has 0 aromatic heterocycles. The highest BCUT2D eigenvalue weighted by Gasteiger charge is 2.25. The fourth-order valence-corrected chi connectivity index (χ4v) is 2.09. The summed E-state index contributed by atoms with van der Waals surface area (Å²) in [4.78, 5) is 13.2. The van der Waals surface area contributed by atoms with Crippen LogP contribution in [-0.4, -0.2) is 29.5 Å². The third kappa shape index (κ3) is 2.58. The summed E-state index contributed by atoms with van der Waals surface area (Å²) in [5.41, 5.74) is 1.47. The van der Waals surface area contributed by atoms with Gasteiger partial charge in [0, 0.05) is 12.1 Å². The zero-order valence-corrected chi connectivity index (χ0v) is 9.95. The molecule has 0 spiro atoms. The lowest BCUT2D eigenvalue weighted by Crippen LogP contribution is -2.41. The Hall–Kier alpha value is -1.13. The number of benzene rings is 1. The van der Waals surface area contributed by atoms with Crippen LogP contribution in [0.2, 0.25) is 0 Å². The maximum atomic E-state index is 13.1. The Balaban J connectivity index is 2.30. The molecule has 0 radical (unpaired) electrons. The van der Waals surface area contributed by atoms with E-state index >= 15 is 0 Å². The highest BCUT2D eigenvalue weighted by atomic mass is 35.5. The van der Waals surface area contributed by atoms with Crippen LogP contribution in [0, 0.1) is 5.82 Å². The van der Waals surface area contributed by atoms with E-state index in [4.69, 9.17) is 11.6 Å². The van der Waals surface area contributed by atoms with Gasteiger partial charge < -0.3 is 10.0 Å². The molecule has 17 heavy (non-hydrogen) atoms. The summed E-state index contributed by atoms with van der Waals surface area (Å²) in [6.07, 6.45) is 0.113. The van der Waals surface area contributed by atoms with Crippen LogP contribution in [-0.2, 0) is 11.2 Å². The number of nitrogens with zero attached hydrogens (tertiary/aromatic N) is 1. The van der Waals surface area contributed by atoms with E-state index in [1.165, 1.54) is 17.0 Å². The van der Waals surface area contributed by atoms with Crippen LogP contribution in [0.3, 0.4) is 0 Å². The van der Waals surface area contributed by atoms with E-state index in [1.54, 1.807) is 6.07 Å². The van der Waals surface area contributed by atoms with Crippen LogP contribution in [0.4, 0.5) is 10.1 Å². The van der Waals surface area contributed by atoms with Crippen molar-refractivity contribution in [3.8, 4) is 0 Å². The first-order valence-electron chi connectivity index (χ1n) is 5.44. The number of aliphatic hydroxyl groups excluding tert-OH is 1. The lowest BCUT2D eigenvalue weighted by Gasteiger charge is -2.30. The van der Waals surface area contributed by atoms with Crippen LogP contribution in [0.5, 0.6) is 0 Å². The number of amides is 1. The van der Waals surface area contributed by atoms with Gasteiger partial charge >= 0.3 is 0 Å². The third-order valence-corrected chi connectivity index (χ3v) is 3.17. The van der Waals surface area contributed by atoms with E-state index in [2.05, 4.69) is 0 Å². The number of hydrogen-bond donors (Lipinski definition) is 1. The summed E-state index contributed by atoms with van der Waals surface area (Å²) >= 11 is 5.52. The normalized spacial score (nSPS) is 16.9. The van der Waals surface area contributed by atoms with E-state index < -0.39 is 6.10 Å². The van der Waals surface area contributed by atoms with Crippen LogP contribution in [0.1, 0.15) is 12.0 Å². The molecule has 0 saturated carbocycles. The second-order valence-corrected chi connectivity index (χ2v) is 4.39. The third-order valence-electron chi connectivity index (χ3n) is 2.81. The SMILES string of the molecule is O=C1CCc2cc(F)ccc2N1CC(O)CCl. The molecule has 1 amide bonds. The van der Waals surface area contributed by atoms with Gasteiger partial charge in [-0.2, -0.15) is 0 Å². The van der Waals surface area contributed by atoms with Crippen molar-refractivity contribution in [2.75, 3.05) is 17.3 Å². The minimum Gasteiger partial charge on any atom is -0.390 e. The first kappa shape index (κ1) is 12.3. The van der Waals surface area contributed by atoms with Gasteiger partial charge in [0.1, 0.15) is 5.82 Å². The van der Waals surface area contributed by atoms with Crippen LogP contribution >= 0.6 is 11.6 Å². The number of carbonyl (C=O) groups is 1. The first-order chi connectivity index (χ1) is 8.11. The summed E-state index contributed by atoms with van der Waals surface area (Å²) in [5.74, 6) is -0.301. The predicted octanol–water partition coefficient (Wildman–Crippen LogP) is 1.70. The number of aliphatic hydroxyl groups is 1. The van der Waals surface area contributed by atoms with Gasteiger partial charge in [0.05, 0.1) is 18.5 Å². The van der Waals surface area contributed by atoms with E-state index in [-0.39, 0.29) is 24.1 Å². The van der Waals surface area contributed by atoms with E-state index in [1.807, 2.05) is 0 Å². The van der Waals surface area contributed by atoms with Gasteiger partial charge in [0.15, 0.2) is 0 Å². The zero-order chi connectivity index (χ0) is 12.4. The van der Waals surface area contributed by atoms with Crippen molar-refractivity contribution in [1.29, 1.82) is 0 Å². The minimum atomic E-state index is -0.767. The first-order valence-corrected chi connectivity index (χ1v) is 5.98. The van der Waals surface area contributed by atoms with Gasteiger partial charge in [-0.3, -0.25) is 4.79 Å². The molecule has 0 aliphatic carbocycles. The summed E-state index contributed by atoms with van der Waals surface area (Å²) in [6, 6.07) is 4.32. The lowest BCUT2D eigenvalue weighted by molar-refractivity contribution is -0.119. The van der Waals surface area contributed by atoms with Gasteiger partial charge in [-0.15, -0.1) is 11.6 Å². The quantitative estimate of drug-likeness (QED) is 0.838. The van der Waals surface area contributed by atoms with Crippen molar-refractivity contribution in [3.63, 3.8) is 0 Å². The maximum Gasteiger partial charge on any atom is 0.227 e. The molecular weight excluding hydrogens is 245 g/mol. The number of hydrogen-bond acceptors (Lipinski definition) is 2. The van der Waals surface area contributed by atoms with Crippen LogP contribution in [0.15, 0.2) is 18.2 Å². The molecule has 1 aliphatic heterocycles. The lowest BCUT2D eigenvalue weighted by atomic mass is 10.0. The molecule has 1 atom stereocenters. The number of alkyl halides is 1. The van der Waals surface area contributed by atoms with Gasteiger partial charge in [-0.1, -0.05) is 0 Å². The number of carbonyl (C=O) groups excluding carboxylic acids is 1. The number of halogens is 2. The van der Waals surface area contributed by atoms with Crippen LogP contribution < -0.4 is 4.90 Å². The summed E-state index contributed by atoms with van der Waals surface area (Å²) in [5, 5.41) is 9.51. The molecule has 1 N–H and O–H groups in total. The van der Waals surface area contributed by atoms with Crippen molar-refractivity contribution < 1.29 is 14.3 Å². The summed E-state index contributed by atoms with van der Waals surface area (Å²) in [7, 11) is 0. The van der Waals surface area contributed by atoms with Gasteiger partial charge in [0.25, 0.3) is 0 Å². The topological polar surface area (TPSA) is 40.5 Å². The summed E-state index contributed by atoms with van der Waals surface area (Å²) < 4.78 is 13.1. The number of β-amino-alcohol motifs (C(OH)–C–C–N with tert-alkyl or cyclic N) is 1. The largest absolute Gasteiger partial charge is 0.390 e. The van der Waals surface area contributed by atoms with Crippen molar-refractivity contribution >= 4 is 23.2 Å². The molecule has 1 heterocycles. The zero-order valence-electron chi connectivity index (χ0n) is 9.20. The number of aryl methyl sites for hydroxylation is 1. The number of rotatable bonds is 3. The summed E-state index contributed by atoms with van der Waals surface area (Å²) in [6.45, 7) is 0.154. The number of fused-ring (bicyclic) bond motifs is 1. The molecule has 1 aromatic carbocycles. The molecule has 0 bridgehead atoms. The molecule has 2 rings (SSSR count). The molecule has 3 nitrogen and oxygen atoms in total. The van der Waals surface area contributed by atoms with Crippen LogP contribution in [0.25, 0.3) is 0 Å². The fraction of sp³-hybridized carbons (Fsp3) is 0.417. The van der Waals surface area contributed by atoms with Crippen molar-refractivity contribution in [1.82, 2.24) is 0 Å². The fourth-order valence-electron chi connectivity index (χ4n) is 1.99. The Bertz CT molecular complexity index is 439. The molecule has 1 unspecified atom stereocenters. The van der Waals surface area contributed by atoms with Crippen molar-refractivity contribution in [2.24, 2.45) is 0 Å². The van der Waals surface area contributed by atoms with E-state index in [9.17, 15) is 14.3 Å². The molecule has 1 aliphatic rings.